The SMILES string of the molecule is [2H]c1c([2H])c([2H])c(-c2c3ccccc3c(-c3c([2H])c([2H])c4oc5c(-c6c([2H])c([2H])c([2H])c([2H])c6[2H])c6c([2H])c([2H])c([2H])c([2H])c6c([2H])c5c4c3[2H])c3ccccc23)c([2H])c1[2H]. The molecular weight excluding hydrogens is 520 g/mol. The summed E-state index contributed by atoms with van der Waals surface area (Å²) < 4.78 is 165. The van der Waals surface area contributed by atoms with Crippen LogP contribution in [-0.2, 0) is 0 Å². The number of hydrogen-bond donors (Lipinski definition) is 0. The third-order valence-corrected chi connectivity index (χ3v) is 7.56. The first-order valence-corrected chi connectivity index (χ1v) is 13.3. The van der Waals surface area contributed by atoms with E-state index in [2.05, 4.69) is 0 Å². The molecule has 0 atom stereocenters. The summed E-state index contributed by atoms with van der Waals surface area (Å²) in [6.45, 7) is 0. The van der Waals surface area contributed by atoms with Gasteiger partial charge in [-0.3, -0.25) is 0 Å². The fraction of sp³-hybridized carbons (Fsp3) is 0. The van der Waals surface area contributed by atoms with Crippen molar-refractivity contribution in [2.24, 2.45) is 0 Å². The van der Waals surface area contributed by atoms with Gasteiger partial charge in [-0.2, -0.15) is 0 Å². The zero-order valence-electron chi connectivity index (χ0n) is 40.0. The van der Waals surface area contributed by atoms with Crippen molar-refractivity contribution in [2.45, 2.75) is 0 Å². The van der Waals surface area contributed by atoms with E-state index < -0.39 is 131 Å². The van der Waals surface area contributed by atoms with Crippen LogP contribution in [0.3, 0.4) is 0 Å². The van der Waals surface area contributed by atoms with E-state index in [1.807, 2.05) is 0 Å². The maximum Gasteiger partial charge on any atom is 0.143 e. The first kappa shape index (κ1) is 12.3. The Labute approximate surface area is 274 Å². The first-order chi connectivity index (χ1) is 28.8. The minimum absolute atomic E-state index is 0.0740. The Bertz CT molecular complexity index is 3400. The Morgan fingerprint density at radius 1 is 0.395 bits per heavy atom. The van der Waals surface area contributed by atoms with Crippen molar-refractivity contribution in [1.29, 1.82) is 0 Å². The molecule has 0 spiro atoms. The highest BCUT2D eigenvalue weighted by atomic mass is 16.3. The molecule has 0 aliphatic heterocycles. The predicted molar refractivity (Wildman–Crippen MR) is 183 cm³/mol. The van der Waals surface area contributed by atoms with Crippen LogP contribution in [0.5, 0.6) is 0 Å². The highest BCUT2D eigenvalue weighted by molar-refractivity contribution is 6.23. The molecular formula is C42H26O. The van der Waals surface area contributed by atoms with Gasteiger partial charge in [0.05, 0.1) is 24.7 Å². The maximum atomic E-state index is 9.88. The van der Waals surface area contributed by atoms with E-state index in [0.717, 1.165) is 0 Å². The number of hydrogen-bond acceptors (Lipinski definition) is 1. The van der Waals surface area contributed by atoms with Gasteiger partial charge in [-0.1, -0.05) is 139 Å². The summed E-state index contributed by atoms with van der Waals surface area (Å²) in [6.07, 6.45) is 0. The van der Waals surface area contributed by atoms with Gasteiger partial charge in [0.2, 0.25) is 0 Å². The lowest BCUT2D eigenvalue weighted by Gasteiger charge is -2.17. The van der Waals surface area contributed by atoms with Gasteiger partial charge in [0, 0.05) is 16.3 Å². The van der Waals surface area contributed by atoms with E-state index in [9.17, 15) is 5.48 Å². The van der Waals surface area contributed by atoms with E-state index in [1.165, 1.54) is 0 Å². The number of furan rings is 1. The first-order valence-electron chi connectivity index (χ1n) is 22.3. The lowest BCUT2D eigenvalue weighted by atomic mass is 9.85. The van der Waals surface area contributed by atoms with E-state index in [1.54, 1.807) is 48.5 Å². The van der Waals surface area contributed by atoms with Gasteiger partial charge in [-0.05, 0) is 78.3 Å². The van der Waals surface area contributed by atoms with Crippen LogP contribution in [-0.4, -0.2) is 0 Å². The molecule has 200 valence electrons. The maximum absolute atomic E-state index is 9.88. The van der Waals surface area contributed by atoms with Crippen LogP contribution in [0.25, 0.3) is 87.6 Å². The summed E-state index contributed by atoms with van der Waals surface area (Å²) in [4.78, 5) is 0. The average molecular weight is 565 g/mol. The van der Waals surface area contributed by atoms with Crippen molar-refractivity contribution in [1.82, 2.24) is 0 Å². The molecule has 8 aromatic carbocycles. The molecule has 9 aromatic rings. The average Bonchev–Trinajstić information content (AvgIpc) is 3.67. The van der Waals surface area contributed by atoms with Gasteiger partial charge >= 0.3 is 0 Å². The fourth-order valence-corrected chi connectivity index (χ4v) is 5.82. The normalized spacial score (nSPS) is 17.6. The van der Waals surface area contributed by atoms with Gasteiger partial charge in [-0.15, -0.1) is 0 Å². The van der Waals surface area contributed by atoms with E-state index >= 15 is 0 Å². The van der Waals surface area contributed by atoms with Crippen molar-refractivity contribution in [3.8, 4) is 33.4 Å². The molecule has 1 nitrogen and oxygen atoms in total. The van der Waals surface area contributed by atoms with Crippen LogP contribution >= 0.6 is 0 Å². The summed E-state index contributed by atoms with van der Waals surface area (Å²) in [7, 11) is 0. The second kappa shape index (κ2) is 9.44. The van der Waals surface area contributed by atoms with Crippen molar-refractivity contribution >= 4 is 54.3 Å². The molecule has 0 aliphatic rings. The molecule has 1 heteroatoms. The van der Waals surface area contributed by atoms with Gasteiger partial charge in [0.25, 0.3) is 0 Å². The quantitative estimate of drug-likeness (QED) is 0.195. The molecule has 9 rings (SSSR count). The molecule has 0 radical (unpaired) electrons. The standard InChI is InChI=1S/C42H26O/c1-3-13-27(14-4-1)39-32-19-9-11-21-34(32)40(35-22-12-10-20-33(35)39)30-23-24-38-36(26-30)37-25-29-17-7-8-18-31(29)41(42(37)43-38)28-15-5-2-6-16-28/h1-26H/i1D,2D,3D,4D,5D,6D,7D,8D,13D,14D,15D,16D,17D,18D,23D,24D,25D,26D. The van der Waals surface area contributed by atoms with Crippen LogP contribution < -0.4 is 0 Å². The highest BCUT2D eigenvalue weighted by Crippen LogP contribution is 2.46. The molecule has 0 saturated heterocycles. The molecule has 43 heavy (non-hydrogen) atoms. The minimum atomic E-state index is -0.756. The van der Waals surface area contributed by atoms with Crippen molar-refractivity contribution < 1.29 is 29.1 Å². The van der Waals surface area contributed by atoms with Crippen LogP contribution in [0.1, 0.15) is 24.7 Å². The fourth-order valence-electron chi connectivity index (χ4n) is 5.82. The topological polar surface area (TPSA) is 13.1 Å². The van der Waals surface area contributed by atoms with Crippen molar-refractivity contribution in [3.05, 3.63) is 157 Å². The van der Waals surface area contributed by atoms with Crippen LogP contribution in [0, 0.1) is 0 Å². The molecule has 1 aromatic heterocycles. The van der Waals surface area contributed by atoms with E-state index in [4.69, 9.17) is 23.6 Å². The number of fused-ring (bicyclic) bond motifs is 6. The number of benzene rings is 8. The lowest BCUT2D eigenvalue weighted by Crippen LogP contribution is -1.90. The Kier molecular flexibility index (Phi) is 2.70. The predicted octanol–water partition coefficient (Wildman–Crippen LogP) is 12.0. The third kappa shape index (κ3) is 3.65. The van der Waals surface area contributed by atoms with Gasteiger partial charge in [0.1, 0.15) is 11.2 Å². The molecule has 0 saturated carbocycles. The monoisotopic (exact) mass is 564 g/mol. The Balaban J connectivity index is 1.52. The Morgan fingerprint density at radius 3 is 1.56 bits per heavy atom. The smallest absolute Gasteiger partial charge is 0.143 e. The van der Waals surface area contributed by atoms with Crippen LogP contribution in [0.2, 0.25) is 0 Å². The van der Waals surface area contributed by atoms with E-state index in [0.29, 0.717) is 27.1 Å². The third-order valence-electron chi connectivity index (χ3n) is 7.56. The molecule has 0 amide bonds. The minimum Gasteiger partial charge on any atom is -0.455 e. The van der Waals surface area contributed by atoms with Gasteiger partial charge in [0.15, 0.2) is 0 Å². The van der Waals surface area contributed by atoms with Crippen molar-refractivity contribution in [2.75, 3.05) is 0 Å². The molecule has 0 fully saturated rings. The largest absolute Gasteiger partial charge is 0.455 e. The lowest BCUT2D eigenvalue weighted by molar-refractivity contribution is 0.670. The van der Waals surface area contributed by atoms with Gasteiger partial charge < -0.3 is 4.42 Å². The van der Waals surface area contributed by atoms with E-state index in [-0.39, 0.29) is 38.4 Å². The highest BCUT2D eigenvalue weighted by Gasteiger charge is 2.19. The summed E-state index contributed by atoms with van der Waals surface area (Å²) in [5, 5.41) is 0.270. The summed E-state index contributed by atoms with van der Waals surface area (Å²) >= 11 is 0. The molecule has 0 bridgehead atoms. The summed E-state index contributed by atoms with van der Waals surface area (Å²) in [6, 6.07) is 2.25. The van der Waals surface area contributed by atoms with Crippen LogP contribution in [0.15, 0.2) is 162 Å². The number of rotatable bonds is 3. The Hall–Kier alpha value is -5.66. The molecule has 1 heterocycles. The van der Waals surface area contributed by atoms with Gasteiger partial charge in [-0.25, -0.2) is 0 Å². The molecule has 0 N–H and O–H groups in total. The Morgan fingerprint density at radius 2 is 0.930 bits per heavy atom. The zero-order chi connectivity index (χ0) is 44.0. The summed E-state index contributed by atoms with van der Waals surface area (Å²) in [5.41, 5.74) is -1.34. The van der Waals surface area contributed by atoms with Crippen LogP contribution in [0.4, 0.5) is 0 Å². The second-order valence-electron chi connectivity index (χ2n) is 9.85. The van der Waals surface area contributed by atoms with Crippen molar-refractivity contribution in [3.63, 3.8) is 0 Å². The summed E-state index contributed by atoms with van der Waals surface area (Å²) in [5.74, 6) is 0. The second-order valence-corrected chi connectivity index (χ2v) is 9.85. The zero-order valence-corrected chi connectivity index (χ0v) is 22.0. The molecule has 0 aliphatic carbocycles. The molecule has 0 unspecified atom stereocenters.